The van der Waals surface area contributed by atoms with Crippen molar-refractivity contribution in [3.05, 3.63) is 23.2 Å². The molecule has 4 aliphatic heterocycles. The summed E-state index contributed by atoms with van der Waals surface area (Å²) in [5.41, 5.74) is -0.626. The van der Waals surface area contributed by atoms with E-state index in [1.165, 1.54) is 5.57 Å². The van der Waals surface area contributed by atoms with Crippen molar-refractivity contribution in [1.82, 2.24) is 0 Å². The molecule has 4 saturated carbocycles. The Balaban J connectivity index is 0.980. The van der Waals surface area contributed by atoms with E-state index in [4.69, 9.17) is 37.9 Å². The third kappa shape index (κ3) is 9.31. The maximum absolute atomic E-state index is 12.7. The Hall–Kier alpha value is -2.46. The Kier molecular flexibility index (Phi) is 15.9. The zero-order valence-corrected chi connectivity index (χ0v) is 44.8. The van der Waals surface area contributed by atoms with Crippen molar-refractivity contribution in [2.45, 2.75) is 230 Å². The maximum atomic E-state index is 12.7. The molecule has 9 rings (SSSR count). The van der Waals surface area contributed by atoms with E-state index < -0.39 is 135 Å². The second-order valence-corrected chi connectivity index (χ2v) is 25.8. The quantitative estimate of drug-likeness (QED) is 0.0950. The second kappa shape index (κ2) is 20.8. The number of hydrogen-bond donors (Lipinski definition) is 12. The molecule has 9 aliphatic rings. The number of hydrogen-bond acceptors (Lipinski definition) is 21. The fraction of sp³-hybridized carbons (Fsp3) is 0.889. The molecule has 7 fully saturated rings. The van der Waals surface area contributed by atoms with Gasteiger partial charge in [0.2, 0.25) is 12.1 Å². The van der Waals surface area contributed by atoms with Crippen LogP contribution in [0.4, 0.5) is 0 Å². The van der Waals surface area contributed by atoms with Crippen LogP contribution in [0.15, 0.2) is 23.2 Å². The summed E-state index contributed by atoms with van der Waals surface area (Å²) >= 11 is 0. The molecule has 0 aromatic heterocycles. The summed E-state index contributed by atoms with van der Waals surface area (Å²) in [5, 5.41) is 129. The summed E-state index contributed by atoms with van der Waals surface area (Å²) < 4.78 is 48.9. The molecule has 0 spiro atoms. The fourth-order valence-corrected chi connectivity index (χ4v) is 16.3. The molecular formula is C54H84O22. The van der Waals surface area contributed by atoms with Crippen LogP contribution in [-0.4, -0.2) is 203 Å². The predicted octanol–water partition coefficient (Wildman–Crippen LogP) is 0.806. The number of carboxylic acid groups (broad SMARTS) is 1. The van der Waals surface area contributed by atoms with Crippen LogP contribution in [-0.2, 0) is 47.5 Å². The van der Waals surface area contributed by atoms with Crippen molar-refractivity contribution in [2.24, 2.45) is 50.2 Å². The smallest absolute Gasteiger partial charge is 0.335 e. The molecule has 26 atom stereocenters. The first-order chi connectivity index (χ1) is 35.5. The minimum absolute atomic E-state index is 0.0552. The molecule has 5 aliphatic carbocycles. The van der Waals surface area contributed by atoms with Crippen LogP contribution in [0.3, 0.4) is 0 Å². The van der Waals surface area contributed by atoms with Crippen molar-refractivity contribution < 1.29 is 109 Å². The van der Waals surface area contributed by atoms with E-state index in [0.717, 1.165) is 38.5 Å². The number of ketones is 1. The van der Waals surface area contributed by atoms with Gasteiger partial charge in [0, 0.05) is 10.8 Å². The Morgan fingerprint density at radius 2 is 1.26 bits per heavy atom. The van der Waals surface area contributed by atoms with Crippen LogP contribution in [0.1, 0.15) is 120 Å². The van der Waals surface area contributed by atoms with Gasteiger partial charge in [-0.15, -0.1) is 0 Å². The van der Waals surface area contributed by atoms with Gasteiger partial charge in [0.1, 0.15) is 72.9 Å². The van der Waals surface area contributed by atoms with Crippen LogP contribution >= 0.6 is 0 Å². The first-order valence-corrected chi connectivity index (χ1v) is 27.2. The van der Waals surface area contributed by atoms with E-state index >= 15 is 0 Å². The van der Waals surface area contributed by atoms with Crippen molar-refractivity contribution >= 4 is 11.8 Å². The van der Waals surface area contributed by atoms with Gasteiger partial charge in [0.05, 0.1) is 38.4 Å². The first-order valence-electron chi connectivity index (χ1n) is 27.2. The predicted molar refractivity (Wildman–Crippen MR) is 261 cm³/mol. The molecule has 0 aromatic rings. The van der Waals surface area contributed by atoms with Crippen LogP contribution in [0.2, 0.25) is 0 Å². The highest BCUT2D eigenvalue weighted by molar-refractivity contribution is 5.94. The third-order valence-corrected chi connectivity index (χ3v) is 21.1. The van der Waals surface area contributed by atoms with Gasteiger partial charge < -0.3 is 99.2 Å². The largest absolute Gasteiger partial charge is 0.502 e. The van der Waals surface area contributed by atoms with Crippen molar-refractivity contribution in [3.63, 3.8) is 0 Å². The minimum Gasteiger partial charge on any atom is -0.502 e. The van der Waals surface area contributed by atoms with E-state index in [0.29, 0.717) is 19.3 Å². The topological polar surface area (TPSA) is 351 Å². The number of aliphatic hydroxyl groups excluding tert-OH is 11. The Morgan fingerprint density at radius 3 is 1.88 bits per heavy atom. The lowest BCUT2D eigenvalue weighted by molar-refractivity contribution is -0.397. The van der Waals surface area contributed by atoms with Crippen molar-refractivity contribution in [3.8, 4) is 0 Å². The SMILES string of the molecule is CC1=C(O)C(=O)C[C@H](O[C@@H]2CC(C)(C)C[C@H]3C4=CC[C@@H]5[C@@]6(C)CC[C@H](O[C@@H]7O[C@H](C(=O)O)[C@@H](O)[C@H](O)[C@H]7O[C@@H]7O[C@H](CO)[C@H](O)[C@H](O)[C@H]7O[C@@H]7O[C@H](CO)[C@@H](O)[C@H](O)[C@H]7O)[C@](C)(CO)[C@@H]6CC[C@@]5(C)[C@]4(C)CC[C@@]23C)O1. The van der Waals surface area contributed by atoms with Crippen LogP contribution in [0.5, 0.6) is 0 Å². The lowest BCUT2D eigenvalue weighted by Gasteiger charge is -2.72. The summed E-state index contributed by atoms with van der Waals surface area (Å²) in [4.78, 5) is 25.3. The summed E-state index contributed by atoms with van der Waals surface area (Å²) in [6.45, 7) is 15.5. The number of rotatable bonds is 12. The molecule has 432 valence electrons. The Morgan fingerprint density at radius 1 is 0.658 bits per heavy atom. The van der Waals surface area contributed by atoms with Crippen LogP contribution in [0.25, 0.3) is 0 Å². The van der Waals surface area contributed by atoms with Crippen molar-refractivity contribution in [2.75, 3.05) is 19.8 Å². The minimum atomic E-state index is -2.12. The molecule has 0 bridgehead atoms. The molecule has 3 saturated heterocycles. The lowest BCUT2D eigenvalue weighted by atomic mass is 9.33. The highest BCUT2D eigenvalue weighted by atomic mass is 16.8. The zero-order valence-electron chi connectivity index (χ0n) is 44.8. The molecule has 4 heterocycles. The van der Waals surface area contributed by atoms with Gasteiger partial charge in [-0.3, -0.25) is 4.79 Å². The Labute approximate surface area is 442 Å². The van der Waals surface area contributed by atoms with Crippen LogP contribution in [0, 0.1) is 50.2 Å². The average molecular weight is 1090 g/mol. The summed E-state index contributed by atoms with van der Waals surface area (Å²) in [6, 6.07) is 0. The molecule has 0 unspecified atom stereocenters. The molecule has 76 heavy (non-hydrogen) atoms. The number of carbonyl (C=O) groups is 2. The summed E-state index contributed by atoms with van der Waals surface area (Å²) in [6.07, 6.45) is -20.7. The zero-order chi connectivity index (χ0) is 55.6. The number of aliphatic carboxylic acids is 1. The number of carbonyl (C=O) groups excluding carboxylic acids is 1. The second-order valence-electron chi connectivity index (χ2n) is 25.8. The average Bonchev–Trinajstić information content (AvgIpc) is 3.54. The van der Waals surface area contributed by atoms with Gasteiger partial charge in [0.15, 0.2) is 30.7 Å². The Bertz CT molecular complexity index is 2220. The number of allylic oxidation sites excluding steroid dienone is 4. The number of ether oxygens (including phenoxy) is 8. The van der Waals surface area contributed by atoms with Gasteiger partial charge in [-0.2, -0.15) is 0 Å². The standard InChI is InChI=1S/C54H84O22/c1-23-34(59)26(58)17-33(69-23)72-32-19-49(2,3)18-25-24-9-10-30-51(5)13-12-31(52(6,22-57)29(51)11-14-54(30,8)53(24,7)16-15-50(25,32)4)73-48-44(40(65)39(64)42(74-48)45(67)68)76-47-43(38(63)36(61)28(21-56)71-47)75-46-41(66)37(62)35(60)27(20-55)70-46/h9,25,27-33,35-44,46-48,55-57,59-66H,10-22H2,1-8H3,(H,67,68)/t25-,27+,28+,29+,30+,31-,32+,33-,35+,36-,37-,38-,39-,40-,41+,42-,43+,44+,46-,47-,48+,50+,51-,52+,53+,54+/m0/s1. The summed E-state index contributed by atoms with van der Waals surface area (Å²) in [7, 11) is 0. The van der Waals surface area contributed by atoms with Gasteiger partial charge in [-0.1, -0.05) is 60.1 Å². The highest BCUT2D eigenvalue weighted by Crippen LogP contribution is 2.76. The van der Waals surface area contributed by atoms with Gasteiger partial charge >= 0.3 is 5.97 Å². The normalized spacial score (nSPS) is 52.3. The molecular weight excluding hydrogens is 1000 g/mol. The summed E-state index contributed by atoms with van der Waals surface area (Å²) in [5.74, 6) is -2.02. The number of carboxylic acids is 1. The van der Waals surface area contributed by atoms with Crippen LogP contribution < -0.4 is 0 Å². The third-order valence-electron chi connectivity index (χ3n) is 21.1. The lowest BCUT2D eigenvalue weighted by Crippen LogP contribution is -2.68. The fourth-order valence-electron chi connectivity index (χ4n) is 16.3. The van der Waals surface area contributed by atoms with E-state index in [9.17, 15) is 70.9 Å². The van der Waals surface area contributed by atoms with E-state index in [2.05, 4.69) is 47.6 Å². The number of aliphatic hydroxyl groups is 11. The van der Waals surface area contributed by atoms with E-state index in [1.807, 2.05) is 6.92 Å². The van der Waals surface area contributed by atoms with Gasteiger partial charge in [-0.05, 0) is 104 Å². The molecule has 0 amide bonds. The number of Topliss-reactive ketones (excluding diaryl/α,β-unsaturated/α-hetero) is 1. The maximum Gasteiger partial charge on any atom is 0.335 e. The van der Waals surface area contributed by atoms with E-state index in [1.54, 1.807) is 6.92 Å². The molecule has 12 N–H and O–H groups in total. The highest BCUT2D eigenvalue weighted by Gasteiger charge is 2.70. The van der Waals surface area contributed by atoms with Gasteiger partial charge in [-0.25, -0.2) is 4.79 Å². The monoisotopic (exact) mass is 1080 g/mol. The molecule has 22 heteroatoms. The molecule has 22 nitrogen and oxygen atoms in total. The first kappa shape index (κ1) is 58.2. The van der Waals surface area contributed by atoms with Crippen molar-refractivity contribution in [1.29, 1.82) is 0 Å². The van der Waals surface area contributed by atoms with E-state index in [-0.39, 0.29) is 75.5 Å². The molecule has 0 radical (unpaired) electrons. The van der Waals surface area contributed by atoms with Gasteiger partial charge in [0.25, 0.3) is 0 Å². The number of fused-ring (bicyclic) bond motifs is 7. The molecule has 0 aromatic carbocycles.